The van der Waals surface area contributed by atoms with Gasteiger partial charge in [0.15, 0.2) is 15.8 Å². The maximum atomic E-state index is 12.2. The van der Waals surface area contributed by atoms with Crippen LogP contribution in [-0.4, -0.2) is 39.8 Å². The smallest absolute Gasteiger partial charge is 0.191 e. The fourth-order valence-corrected chi connectivity index (χ4v) is 4.03. The topological polar surface area (TPSA) is 70.6 Å². The second-order valence-electron chi connectivity index (χ2n) is 6.47. The monoisotopic (exact) mass is 367 g/mol. The minimum atomic E-state index is -3.08. The van der Waals surface area contributed by atoms with Crippen molar-refractivity contribution >= 4 is 15.8 Å². The molecule has 6 heteroatoms. The Morgan fingerprint density at radius 3 is 2.52 bits per heavy atom. The molecule has 0 bridgehead atoms. The molecule has 0 aliphatic rings. The van der Waals surface area contributed by atoms with Crippen molar-refractivity contribution in [2.75, 3.05) is 19.3 Å². The van der Waals surface area contributed by atoms with E-state index in [0.29, 0.717) is 19.0 Å². The van der Waals surface area contributed by atoms with Gasteiger partial charge in [-0.2, -0.15) is 0 Å². The molecule has 0 heterocycles. The van der Waals surface area contributed by atoms with Gasteiger partial charge in [-0.15, -0.1) is 0 Å². The number of aliphatic imine (C=N–C) groups is 1. The Balaban J connectivity index is 2.28. The number of hydrogen-bond acceptors (Lipinski definition) is 3. The zero-order valence-electron chi connectivity index (χ0n) is 15.8. The summed E-state index contributed by atoms with van der Waals surface area (Å²) in [5.74, 6) is 1.03. The third-order valence-corrected chi connectivity index (χ3v) is 5.69. The Hall–Kier alpha value is -1.56. The van der Waals surface area contributed by atoms with E-state index >= 15 is 0 Å². The van der Waals surface area contributed by atoms with E-state index in [1.165, 1.54) is 19.3 Å². The van der Waals surface area contributed by atoms with Gasteiger partial charge in [0.1, 0.15) is 0 Å². The molecule has 0 aliphatic carbocycles. The van der Waals surface area contributed by atoms with Gasteiger partial charge in [0.05, 0.1) is 11.5 Å². The van der Waals surface area contributed by atoms with Gasteiger partial charge in [-0.25, -0.2) is 8.42 Å². The average molecular weight is 368 g/mol. The predicted octanol–water partition coefficient (Wildman–Crippen LogP) is 3.13. The molecule has 0 fully saturated rings. The Morgan fingerprint density at radius 1 is 1.16 bits per heavy atom. The Morgan fingerprint density at radius 2 is 1.88 bits per heavy atom. The molecule has 1 aromatic carbocycles. The van der Waals surface area contributed by atoms with E-state index in [1.807, 2.05) is 30.3 Å². The highest BCUT2D eigenvalue weighted by Gasteiger charge is 2.12. The summed E-state index contributed by atoms with van der Waals surface area (Å²) in [5, 5.41) is 6.55. The molecule has 0 amide bonds. The minimum absolute atomic E-state index is 0.106. The normalized spacial score (nSPS) is 13.5. The number of nitrogens with one attached hydrogen (secondary N) is 2. The van der Waals surface area contributed by atoms with Gasteiger partial charge in [0, 0.05) is 19.6 Å². The third kappa shape index (κ3) is 10.1. The van der Waals surface area contributed by atoms with Crippen molar-refractivity contribution in [1.29, 1.82) is 0 Å². The summed E-state index contributed by atoms with van der Waals surface area (Å²) in [5.41, 5.74) is 0.842. The fourth-order valence-electron chi connectivity index (χ4n) is 2.60. The van der Waals surface area contributed by atoms with E-state index in [2.05, 4.69) is 29.5 Å². The van der Waals surface area contributed by atoms with Crippen molar-refractivity contribution < 1.29 is 8.42 Å². The van der Waals surface area contributed by atoms with E-state index in [0.717, 1.165) is 17.9 Å². The predicted molar refractivity (Wildman–Crippen MR) is 107 cm³/mol. The van der Waals surface area contributed by atoms with Crippen LogP contribution in [0.1, 0.15) is 51.5 Å². The zero-order valence-corrected chi connectivity index (χ0v) is 16.6. The first-order chi connectivity index (χ1) is 12.0. The molecule has 0 aliphatic heterocycles. The van der Waals surface area contributed by atoms with Crippen LogP contribution in [0.5, 0.6) is 0 Å². The summed E-state index contributed by atoms with van der Waals surface area (Å²) >= 11 is 0. The molecule has 0 saturated carbocycles. The lowest BCUT2D eigenvalue weighted by molar-refractivity contribution is 0.546. The van der Waals surface area contributed by atoms with Crippen molar-refractivity contribution in [3.8, 4) is 0 Å². The molecule has 1 rings (SSSR count). The molecule has 1 aromatic rings. The van der Waals surface area contributed by atoms with E-state index in [4.69, 9.17) is 0 Å². The number of guanidine groups is 1. The molecule has 5 nitrogen and oxygen atoms in total. The highest BCUT2D eigenvalue weighted by Crippen LogP contribution is 2.07. The van der Waals surface area contributed by atoms with Crippen LogP contribution in [0.25, 0.3) is 0 Å². The second kappa shape index (κ2) is 11.9. The van der Waals surface area contributed by atoms with Gasteiger partial charge in [0.2, 0.25) is 0 Å². The highest BCUT2D eigenvalue weighted by atomic mass is 32.2. The first-order valence-corrected chi connectivity index (χ1v) is 11.0. The molecule has 1 atom stereocenters. The maximum absolute atomic E-state index is 12.2. The Bertz CT molecular complexity index is 600. The fraction of sp³-hybridized carbons (Fsp3) is 0.632. The second-order valence-corrected chi connectivity index (χ2v) is 8.66. The Kier molecular flexibility index (Phi) is 10.2. The zero-order chi connectivity index (χ0) is 18.5. The van der Waals surface area contributed by atoms with Crippen molar-refractivity contribution in [3.63, 3.8) is 0 Å². The molecule has 2 N–H and O–H groups in total. The molecule has 0 saturated heterocycles. The summed E-state index contributed by atoms with van der Waals surface area (Å²) in [6, 6.07) is 9.68. The number of benzene rings is 1. The molecule has 0 radical (unpaired) electrons. The average Bonchev–Trinajstić information content (AvgIpc) is 2.58. The van der Waals surface area contributed by atoms with Crippen molar-refractivity contribution in [3.05, 3.63) is 35.9 Å². The van der Waals surface area contributed by atoms with E-state index in [9.17, 15) is 8.42 Å². The van der Waals surface area contributed by atoms with Gasteiger partial charge < -0.3 is 10.6 Å². The van der Waals surface area contributed by atoms with Crippen LogP contribution >= 0.6 is 0 Å². The first-order valence-electron chi connectivity index (χ1n) is 9.18. The van der Waals surface area contributed by atoms with Crippen molar-refractivity contribution in [2.45, 2.75) is 57.7 Å². The van der Waals surface area contributed by atoms with Crippen LogP contribution < -0.4 is 10.6 Å². The lowest BCUT2D eigenvalue weighted by atomic mass is 10.1. The minimum Gasteiger partial charge on any atom is -0.356 e. The maximum Gasteiger partial charge on any atom is 0.191 e. The van der Waals surface area contributed by atoms with Crippen molar-refractivity contribution in [2.24, 2.45) is 4.99 Å². The molecule has 0 spiro atoms. The number of rotatable bonds is 11. The molecule has 142 valence electrons. The summed E-state index contributed by atoms with van der Waals surface area (Å²) in [6.45, 7) is 4.94. The molecular formula is C19H33N3O2S. The van der Waals surface area contributed by atoms with Crippen LogP contribution in [0.15, 0.2) is 35.3 Å². The van der Waals surface area contributed by atoms with Gasteiger partial charge in [-0.05, 0) is 25.3 Å². The van der Waals surface area contributed by atoms with Gasteiger partial charge in [0.25, 0.3) is 0 Å². The molecule has 0 aromatic heterocycles. The standard InChI is InChI=1S/C19H33N3O2S/c1-4-5-7-11-17(2)22-19(20-3)21-14-10-15-25(23,24)16-18-12-8-6-9-13-18/h6,8-9,12-13,17H,4-5,7,10-11,14-16H2,1-3H3,(H2,20,21,22). The number of unbranched alkanes of at least 4 members (excludes halogenated alkanes) is 2. The van der Waals surface area contributed by atoms with Gasteiger partial charge >= 0.3 is 0 Å². The molecule has 1 unspecified atom stereocenters. The highest BCUT2D eigenvalue weighted by molar-refractivity contribution is 7.90. The lowest BCUT2D eigenvalue weighted by Gasteiger charge is -2.17. The number of hydrogen-bond donors (Lipinski definition) is 2. The number of sulfone groups is 1. The van der Waals surface area contributed by atoms with Crippen LogP contribution in [0.2, 0.25) is 0 Å². The van der Waals surface area contributed by atoms with E-state index < -0.39 is 9.84 Å². The Labute approximate surface area is 153 Å². The van der Waals surface area contributed by atoms with Crippen LogP contribution in [0.3, 0.4) is 0 Å². The quantitative estimate of drug-likeness (QED) is 0.358. The van der Waals surface area contributed by atoms with Crippen LogP contribution in [0.4, 0.5) is 0 Å². The summed E-state index contributed by atoms with van der Waals surface area (Å²) < 4.78 is 24.3. The summed E-state index contributed by atoms with van der Waals surface area (Å²) in [7, 11) is -1.34. The van der Waals surface area contributed by atoms with Crippen LogP contribution in [-0.2, 0) is 15.6 Å². The lowest BCUT2D eigenvalue weighted by Crippen LogP contribution is -2.42. The van der Waals surface area contributed by atoms with E-state index in [1.54, 1.807) is 7.05 Å². The van der Waals surface area contributed by atoms with E-state index in [-0.39, 0.29) is 11.5 Å². The SMILES string of the molecule is CCCCCC(C)NC(=NC)NCCCS(=O)(=O)Cc1ccccc1. The first kappa shape index (κ1) is 21.5. The summed E-state index contributed by atoms with van der Waals surface area (Å²) in [6.07, 6.45) is 5.36. The largest absolute Gasteiger partial charge is 0.356 e. The molecular weight excluding hydrogens is 334 g/mol. The third-order valence-electron chi connectivity index (χ3n) is 4.00. The van der Waals surface area contributed by atoms with Gasteiger partial charge in [-0.3, -0.25) is 4.99 Å². The van der Waals surface area contributed by atoms with Crippen LogP contribution in [0, 0.1) is 0 Å². The number of nitrogens with zero attached hydrogens (tertiary/aromatic N) is 1. The molecule has 25 heavy (non-hydrogen) atoms. The van der Waals surface area contributed by atoms with Gasteiger partial charge in [-0.1, -0.05) is 56.5 Å². The van der Waals surface area contributed by atoms with Crippen molar-refractivity contribution in [1.82, 2.24) is 10.6 Å². The summed E-state index contributed by atoms with van der Waals surface area (Å²) in [4.78, 5) is 4.20.